The van der Waals surface area contributed by atoms with E-state index in [1.54, 1.807) is 12.2 Å². The molecule has 0 aromatic rings. The molecular formula is C18H36O2. The first-order chi connectivity index (χ1) is 9.83. The van der Waals surface area contributed by atoms with E-state index in [9.17, 15) is 0 Å². The molecule has 0 radical (unpaired) electrons. The Balaban J connectivity index is 0. The first kappa shape index (κ1) is 21.7. The third kappa shape index (κ3) is 26.1. The Morgan fingerprint density at radius 3 is 1.60 bits per heavy atom. The second-order valence-electron chi connectivity index (χ2n) is 5.04. The predicted octanol–water partition coefficient (Wildman–Crippen LogP) is 5.01. The van der Waals surface area contributed by atoms with Gasteiger partial charge in [0.1, 0.15) is 0 Å². The Morgan fingerprint density at radius 2 is 1.20 bits per heavy atom. The van der Waals surface area contributed by atoms with Crippen LogP contribution in [-0.2, 0) is 0 Å². The Kier molecular flexibility index (Phi) is 25.5. The Morgan fingerprint density at radius 1 is 0.700 bits per heavy atom. The van der Waals surface area contributed by atoms with Crippen LogP contribution in [0.25, 0.3) is 0 Å². The van der Waals surface area contributed by atoms with E-state index in [1.165, 1.54) is 57.8 Å². The molecule has 2 nitrogen and oxygen atoms in total. The van der Waals surface area contributed by atoms with Gasteiger partial charge in [-0.05, 0) is 13.3 Å². The molecule has 0 heterocycles. The first-order valence-corrected chi connectivity index (χ1v) is 8.33. The fourth-order valence-corrected chi connectivity index (χ4v) is 1.85. The molecule has 0 bridgehead atoms. The normalized spacial score (nSPS) is 11.0. The van der Waals surface area contributed by atoms with Crippen LogP contribution in [0.1, 0.15) is 78.1 Å². The summed E-state index contributed by atoms with van der Waals surface area (Å²) >= 11 is 0. The van der Waals surface area contributed by atoms with E-state index in [2.05, 4.69) is 6.92 Å². The number of allylic oxidation sites excluding steroid dienone is 3. The molecule has 0 saturated heterocycles. The largest absolute Gasteiger partial charge is 0.396 e. The lowest BCUT2D eigenvalue weighted by molar-refractivity contribution is 0.282. The highest BCUT2D eigenvalue weighted by Gasteiger charge is 1.91. The molecule has 0 aromatic heterocycles. The summed E-state index contributed by atoms with van der Waals surface area (Å²) < 4.78 is 0. The highest BCUT2D eigenvalue weighted by atomic mass is 16.3. The average molecular weight is 284 g/mol. The minimum atomic E-state index is 0.129. The number of rotatable bonds is 12. The van der Waals surface area contributed by atoms with Crippen molar-refractivity contribution in [3.05, 3.63) is 24.3 Å². The summed E-state index contributed by atoms with van der Waals surface area (Å²) in [6.07, 6.45) is 20.6. The van der Waals surface area contributed by atoms with Crippen LogP contribution in [0.4, 0.5) is 0 Å². The zero-order valence-corrected chi connectivity index (χ0v) is 13.7. The van der Waals surface area contributed by atoms with Crippen molar-refractivity contribution in [1.82, 2.24) is 0 Å². The SMILES string of the molecule is C/C=C/C=C/CO.CCCCCCCCCCCCO. The van der Waals surface area contributed by atoms with E-state index < -0.39 is 0 Å². The maximum absolute atomic E-state index is 8.57. The lowest BCUT2D eigenvalue weighted by atomic mass is 10.1. The second-order valence-corrected chi connectivity index (χ2v) is 5.04. The smallest absolute Gasteiger partial charge is 0.0615 e. The molecule has 0 aliphatic carbocycles. The highest BCUT2D eigenvalue weighted by Crippen LogP contribution is 2.09. The van der Waals surface area contributed by atoms with Crippen molar-refractivity contribution < 1.29 is 10.2 Å². The van der Waals surface area contributed by atoms with Gasteiger partial charge in [-0.25, -0.2) is 0 Å². The van der Waals surface area contributed by atoms with E-state index in [0.717, 1.165) is 6.42 Å². The van der Waals surface area contributed by atoms with Crippen molar-refractivity contribution in [1.29, 1.82) is 0 Å². The quantitative estimate of drug-likeness (QED) is 0.390. The van der Waals surface area contributed by atoms with Gasteiger partial charge in [-0.1, -0.05) is 89.0 Å². The zero-order valence-electron chi connectivity index (χ0n) is 13.7. The van der Waals surface area contributed by atoms with Crippen molar-refractivity contribution in [3.8, 4) is 0 Å². The molecule has 0 rings (SSSR count). The van der Waals surface area contributed by atoms with Crippen LogP contribution in [-0.4, -0.2) is 23.4 Å². The van der Waals surface area contributed by atoms with E-state index in [4.69, 9.17) is 10.2 Å². The maximum atomic E-state index is 8.57. The summed E-state index contributed by atoms with van der Waals surface area (Å²) in [6.45, 7) is 4.69. The fraction of sp³-hybridized carbons (Fsp3) is 0.778. The maximum Gasteiger partial charge on any atom is 0.0615 e. The fourth-order valence-electron chi connectivity index (χ4n) is 1.85. The van der Waals surface area contributed by atoms with Crippen LogP contribution < -0.4 is 0 Å². The van der Waals surface area contributed by atoms with Crippen molar-refractivity contribution in [2.45, 2.75) is 78.1 Å². The van der Waals surface area contributed by atoms with E-state index in [1.807, 2.05) is 19.1 Å². The first-order valence-electron chi connectivity index (χ1n) is 8.33. The monoisotopic (exact) mass is 284 g/mol. The van der Waals surface area contributed by atoms with Gasteiger partial charge in [0.2, 0.25) is 0 Å². The Bertz CT molecular complexity index is 188. The molecule has 0 amide bonds. The molecule has 0 unspecified atom stereocenters. The van der Waals surface area contributed by atoms with Gasteiger partial charge in [-0.15, -0.1) is 0 Å². The minimum absolute atomic E-state index is 0.129. The third-order valence-electron chi connectivity index (χ3n) is 3.06. The van der Waals surface area contributed by atoms with Gasteiger partial charge in [0, 0.05) is 6.61 Å². The predicted molar refractivity (Wildman–Crippen MR) is 90.0 cm³/mol. The molecule has 0 spiro atoms. The Hall–Kier alpha value is -0.600. The van der Waals surface area contributed by atoms with Gasteiger partial charge < -0.3 is 10.2 Å². The van der Waals surface area contributed by atoms with Gasteiger partial charge in [0.25, 0.3) is 0 Å². The number of aliphatic hydroxyl groups is 2. The summed E-state index contributed by atoms with van der Waals surface area (Å²) in [5.41, 5.74) is 0. The van der Waals surface area contributed by atoms with Crippen molar-refractivity contribution in [2.24, 2.45) is 0 Å². The van der Waals surface area contributed by atoms with Crippen molar-refractivity contribution in [3.63, 3.8) is 0 Å². The van der Waals surface area contributed by atoms with Crippen molar-refractivity contribution in [2.75, 3.05) is 13.2 Å². The van der Waals surface area contributed by atoms with Crippen LogP contribution in [0.5, 0.6) is 0 Å². The van der Waals surface area contributed by atoms with E-state index >= 15 is 0 Å². The van der Waals surface area contributed by atoms with Gasteiger partial charge in [0.05, 0.1) is 6.61 Å². The molecule has 0 aliphatic heterocycles. The molecule has 120 valence electrons. The molecular weight excluding hydrogens is 248 g/mol. The summed E-state index contributed by atoms with van der Waals surface area (Å²) in [6, 6.07) is 0. The summed E-state index contributed by atoms with van der Waals surface area (Å²) in [5.74, 6) is 0. The topological polar surface area (TPSA) is 40.5 Å². The highest BCUT2D eigenvalue weighted by molar-refractivity contribution is 5.00. The van der Waals surface area contributed by atoms with E-state index in [-0.39, 0.29) is 6.61 Å². The van der Waals surface area contributed by atoms with Gasteiger partial charge in [-0.2, -0.15) is 0 Å². The van der Waals surface area contributed by atoms with Crippen LogP contribution in [0.2, 0.25) is 0 Å². The molecule has 0 atom stereocenters. The molecule has 2 heteroatoms. The van der Waals surface area contributed by atoms with Gasteiger partial charge in [-0.3, -0.25) is 0 Å². The molecule has 0 aromatic carbocycles. The summed E-state index contributed by atoms with van der Waals surface area (Å²) in [5, 5.41) is 16.7. The number of hydrogen-bond donors (Lipinski definition) is 2. The molecule has 0 aliphatic rings. The number of aliphatic hydroxyl groups excluding tert-OH is 2. The lowest BCUT2D eigenvalue weighted by Gasteiger charge is -2.00. The minimum Gasteiger partial charge on any atom is -0.396 e. The van der Waals surface area contributed by atoms with Crippen molar-refractivity contribution >= 4 is 0 Å². The lowest BCUT2D eigenvalue weighted by Crippen LogP contribution is -1.84. The van der Waals surface area contributed by atoms with Crippen LogP contribution in [0.3, 0.4) is 0 Å². The zero-order chi connectivity index (χ0) is 15.3. The third-order valence-corrected chi connectivity index (χ3v) is 3.06. The standard InChI is InChI=1S/C12H26O.C6H10O/c1-2-3-4-5-6-7-8-9-10-11-12-13;1-2-3-4-5-6-7/h13H,2-12H2,1H3;2-5,7H,6H2,1H3/b;3-2+,5-4+. The summed E-state index contributed by atoms with van der Waals surface area (Å²) in [7, 11) is 0. The van der Waals surface area contributed by atoms with E-state index in [0.29, 0.717) is 6.61 Å². The number of hydrogen-bond acceptors (Lipinski definition) is 2. The number of unbranched alkanes of at least 4 members (excludes halogenated alkanes) is 9. The average Bonchev–Trinajstić information content (AvgIpc) is 2.47. The molecule has 0 fully saturated rings. The van der Waals surface area contributed by atoms with Gasteiger partial charge >= 0.3 is 0 Å². The second kappa shape index (κ2) is 23.5. The summed E-state index contributed by atoms with van der Waals surface area (Å²) in [4.78, 5) is 0. The van der Waals surface area contributed by atoms with Crippen LogP contribution >= 0.6 is 0 Å². The molecule has 2 N–H and O–H groups in total. The van der Waals surface area contributed by atoms with Crippen LogP contribution in [0.15, 0.2) is 24.3 Å². The van der Waals surface area contributed by atoms with Crippen LogP contribution in [0, 0.1) is 0 Å². The van der Waals surface area contributed by atoms with Gasteiger partial charge in [0.15, 0.2) is 0 Å². The molecule has 0 saturated carbocycles. The Labute approximate surface area is 126 Å². The molecule has 20 heavy (non-hydrogen) atoms.